The van der Waals surface area contributed by atoms with E-state index >= 15 is 0 Å². The molecule has 0 saturated heterocycles. The molecular weight excluding hydrogens is 178 g/mol. The number of rotatable bonds is 3. The van der Waals surface area contributed by atoms with Gasteiger partial charge in [-0.15, -0.1) is 0 Å². The lowest BCUT2D eigenvalue weighted by Crippen LogP contribution is -2.13. The largest absolute Gasteiger partial charge is 0.387 e. The predicted molar refractivity (Wildman–Crippen MR) is 43.8 cm³/mol. The Bertz CT molecular complexity index is 318. The summed E-state index contributed by atoms with van der Waals surface area (Å²) < 4.78 is 25.9. The second kappa shape index (κ2) is 3.51. The van der Waals surface area contributed by atoms with E-state index in [-0.39, 0.29) is 18.0 Å². The third kappa shape index (κ3) is 2.24. The Morgan fingerprint density at radius 3 is 2.85 bits per heavy atom. The zero-order valence-corrected chi connectivity index (χ0v) is 7.09. The summed E-state index contributed by atoms with van der Waals surface area (Å²) in [7, 11) is 1.55. The van der Waals surface area contributed by atoms with Gasteiger partial charge in [0.25, 0.3) is 6.43 Å². The first-order valence-corrected chi connectivity index (χ1v) is 3.64. The van der Waals surface area contributed by atoms with Crippen LogP contribution in [0.25, 0.3) is 0 Å². The van der Waals surface area contributed by atoms with Crippen LogP contribution in [-0.2, 0) is 13.5 Å². The van der Waals surface area contributed by atoms with Crippen molar-refractivity contribution in [3.8, 4) is 0 Å². The number of nitrogens with one attached hydrogen (secondary N) is 1. The average Bonchev–Trinajstić information content (AvgIpc) is 2.29. The molecule has 1 rings (SSSR count). The average molecular weight is 188 g/mol. The SMILES string of the molecule is Cn1cc(CC(=N)N)c(C(F)F)n1. The van der Waals surface area contributed by atoms with Gasteiger partial charge in [0.1, 0.15) is 5.69 Å². The molecule has 0 radical (unpaired) electrons. The zero-order chi connectivity index (χ0) is 10.0. The molecule has 1 aromatic heterocycles. The number of aromatic nitrogens is 2. The first kappa shape index (κ1) is 9.63. The molecule has 3 N–H and O–H groups in total. The molecule has 6 heteroatoms. The van der Waals surface area contributed by atoms with Crippen LogP contribution < -0.4 is 5.73 Å². The van der Waals surface area contributed by atoms with Gasteiger partial charge in [-0.3, -0.25) is 10.1 Å². The minimum atomic E-state index is -2.62. The van der Waals surface area contributed by atoms with Gasteiger partial charge in [-0.2, -0.15) is 5.10 Å². The van der Waals surface area contributed by atoms with E-state index in [1.807, 2.05) is 0 Å². The summed E-state index contributed by atoms with van der Waals surface area (Å²) in [4.78, 5) is 0. The zero-order valence-electron chi connectivity index (χ0n) is 7.09. The minimum absolute atomic E-state index is 0.0213. The molecule has 0 unspecified atom stereocenters. The normalized spacial score (nSPS) is 10.8. The molecule has 1 heterocycles. The quantitative estimate of drug-likeness (QED) is 0.545. The van der Waals surface area contributed by atoms with Crippen molar-refractivity contribution in [1.82, 2.24) is 9.78 Å². The molecule has 0 saturated carbocycles. The lowest BCUT2D eigenvalue weighted by atomic mass is 10.2. The van der Waals surface area contributed by atoms with Crippen LogP contribution in [0.15, 0.2) is 6.20 Å². The van der Waals surface area contributed by atoms with Crippen molar-refractivity contribution >= 4 is 5.84 Å². The maximum Gasteiger partial charge on any atom is 0.282 e. The van der Waals surface area contributed by atoms with Gasteiger partial charge in [0.2, 0.25) is 0 Å². The Hall–Kier alpha value is -1.46. The van der Waals surface area contributed by atoms with Crippen LogP contribution in [-0.4, -0.2) is 15.6 Å². The van der Waals surface area contributed by atoms with E-state index in [2.05, 4.69) is 5.10 Å². The Kier molecular flexibility index (Phi) is 2.60. The molecule has 72 valence electrons. The van der Waals surface area contributed by atoms with Crippen LogP contribution in [0.5, 0.6) is 0 Å². The van der Waals surface area contributed by atoms with Gasteiger partial charge < -0.3 is 5.73 Å². The van der Waals surface area contributed by atoms with Gasteiger partial charge >= 0.3 is 0 Å². The Morgan fingerprint density at radius 2 is 2.38 bits per heavy atom. The molecule has 0 atom stereocenters. The van der Waals surface area contributed by atoms with Crippen molar-refractivity contribution in [2.75, 3.05) is 0 Å². The highest BCUT2D eigenvalue weighted by Gasteiger charge is 2.17. The van der Waals surface area contributed by atoms with Crippen LogP contribution in [0, 0.1) is 5.41 Å². The van der Waals surface area contributed by atoms with Gasteiger partial charge in [0, 0.05) is 25.2 Å². The number of alkyl halides is 2. The monoisotopic (exact) mass is 188 g/mol. The summed E-state index contributed by atoms with van der Waals surface area (Å²) >= 11 is 0. The topological polar surface area (TPSA) is 67.7 Å². The molecule has 0 amide bonds. The van der Waals surface area contributed by atoms with Gasteiger partial charge in [-0.25, -0.2) is 8.78 Å². The highest BCUT2D eigenvalue weighted by atomic mass is 19.3. The number of nitrogens with zero attached hydrogens (tertiary/aromatic N) is 2. The van der Waals surface area contributed by atoms with Crippen molar-refractivity contribution in [3.05, 3.63) is 17.5 Å². The number of nitrogens with two attached hydrogens (primary N) is 1. The van der Waals surface area contributed by atoms with Gasteiger partial charge in [0.05, 0.1) is 5.84 Å². The van der Waals surface area contributed by atoms with E-state index < -0.39 is 6.43 Å². The first-order valence-electron chi connectivity index (χ1n) is 3.64. The third-order valence-corrected chi connectivity index (χ3v) is 1.52. The Morgan fingerprint density at radius 1 is 1.77 bits per heavy atom. The summed E-state index contributed by atoms with van der Waals surface area (Å²) in [5.41, 5.74) is 5.12. The molecule has 0 fully saturated rings. The second-order valence-corrected chi connectivity index (χ2v) is 2.72. The van der Waals surface area contributed by atoms with Crippen LogP contribution in [0.1, 0.15) is 17.7 Å². The van der Waals surface area contributed by atoms with Crippen molar-refractivity contribution in [2.24, 2.45) is 12.8 Å². The third-order valence-electron chi connectivity index (χ3n) is 1.52. The van der Waals surface area contributed by atoms with Crippen LogP contribution >= 0.6 is 0 Å². The maximum atomic E-state index is 12.3. The Labute approximate surface area is 73.9 Å². The fraction of sp³-hybridized carbons (Fsp3) is 0.429. The van der Waals surface area contributed by atoms with E-state index in [1.54, 1.807) is 7.05 Å². The molecule has 4 nitrogen and oxygen atoms in total. The van der Waals surface area contributed by atoms with Gasteiger partial charge in [-0.05, 0) is 0 Å². The predicted octanol–water partition coefficient (Wildman–Crippen LogP) is 0.836. The number of aryl methyl sites for hydroxylation is 1. The van der Waals surface area contributed by atoms with E-state index in [4.69, 9.17) is 11.1 Å². The number of hydrogen-bond donors (Lipinski definition) is 2. The summed E-state index contributed by atoms with van der Waals surface area (Å²) in [5.74, 6) is -0.144. The number of halogens is 2. The van der Waals surface area contributed by atoms with Gasteiger partial charge in [0.15, 0.2) is 0 Å². The highest BCUT2D eigenvalue weighted by Crippen LogP contribution is 2.20. The van der Waals surface area contributed by atoms with Crippen LogP contribution in [0.2, 0.25) is 0 Å². The second-order valence-electron chi connectivity index (χ2n) is 2.72. The first-order chi connectivity index (χ1) is 6.00. The highest BCUT2D eigenvalue weighted by molar-refractivity contribution is 5.79. The smallest absolute Gasteiger partial charge is 0.282 e. The fourth-order valence-electron chi connectivity index (χ4n) is 1.08. The van der Waals surface area contributed by atoms with E-state index in [0.717, 1.165) is 0 Å². The van der Waals surface area contributed by atoms with Crippen molar-refractivity contribution in [2.45, 2.75) is 12.8 Å². The molecule has 0 spiro atoms. The lowest BCUT2D eigenvalue weighted by Gasteiger charge is -1.98. The Balaban J connectivity index is 2.97. The van der Waals surface area contributed by atoms with Crippen molar-refractivity contribution in [3.63, 3.8) is 0 Å². The standard InChI is InChI=1S/C7H10F2N4/c1-13-3-4(2-5(10)11)6(12-13)7(8)9/h3,7H,2H2,1H3,(H3,10,11). The van der Waals surface area contributed by atoms with Crippen molar-refractivity contribution < 1.29 is 8.78 Å². The summed E-state index contributed by atoms with van der Waals surface area (Å²) in [6.45, 7) is 0. The molecule has 1 aromatic rings. The molecule has 0 aliphatic heterocycles. The minimum Gasteiger partial charge on any atom is -0.387 e. The number of amidine groups is 1. The van der Waals surface area contributed by atoms with E-state index in [9.17, 15) is 8.78 Å². The van der Waals surface area contributed by atoms with E-state index in [0.29, 0.717) is 5.56 Å². The molecular formula is C7H10F2N4. The molecule has 13 heavy (non-hydrogen) atoms. The van der Waals surface area contributed by atoms with E-state index in [1.165, 1.54) is 10.9 Å². The molecule has 0 aliphatic carbocycles. The fourth-order valence-corrected chi connectivity index (χ4v) is 1.08. The van der Waals surface area contributed by atoms with Crippen LogP contribution in [0.4, 0.5) is 8.78 Å². The maximum absolute atomic E-state index is 12.3. The summed E-state index contributed by atoms with van der Waals surface area (Å²) in [6.07, 6.45) is -1.15. The van der Waals surface area contributed by atoms with Gasteiger partial charge in [-0.1, -0.05) is 0 Å². The number of hydrogen-bond acceptors (Lipinski definition) is 2. The summed E-state index contributed by atoms with van der Waals surface area (Å²) in [6, 6.07) is 0. The molecule has 0 aliphatic rings. The van der Waals surface area contributed by atoms with Crippen LogP contribution in [0.3, 0.4) is 0 Å². The molecule has 0 bridgehead atoms. The summed E-state index contributed by atoms with van der Waals surface area (Å²) in [5, 5.41) is 10.6. The van der Waals surface area contributed by atoms with Crippen molar-refractivity contribution in [1.29, 1.82) is 5.41 Å². The molecule has 0 aromatic carbocycles. The lowest BCUT2D eigenvalue weighted by molar-refractivity contribution is 0.144.